The van der Waals surface area contributed by atoms with E-state index >= 15 is 0 Å². The van der Waals surface area contributed by atoms with Crippen molar-refractivity contribution in [3.63, 3.8) is 0 Å². The summed E-state index contributed by atoms with van der Waals surface area (Å²) in [5.74, 6) is -1.44. The minimum Gasteiger partial charge on any atom is -0.294 e. The molecule has 0 saturated carbocycles. The van der Waals surface area contributed by atoms with E-state index in [1.165, 1.54) is 41.5 Å². The van der Waals surface area contributed by atoms with Crippen LogP contribution in [0.2, 0.25) is 0 Å². The van der Waals surface area contributed by atoms with Gasteiger partial charge in [0.05, 0.1) is 30.0 Å². The summed E-state index contributed by atoms with van der Waals surface area (Å²) in [7, 11) is 0. The molecule has 0 spiro atoms. The number of pyridine rings is 2. The van der Waals surface area contributed by atoms with Gasteiger partial charge in [-0.2, -0.15) is 0 Å². The van der Waals surface area contributed by atoms with E-state index in [2.05, 4.69) is 15.0 Å². The van der Waals surface area contributed by atoms with Crippen molar-refractivity contribution in [2.45, 2.75) is 6.54 Å². The van der Waals surface area contributed by atoms with Gasteiger partial charge in [-0.25, -0.2) is 13.8 Å². The van der Waals surface area contributed by atoms with Gasteiger partial charge in [-0.15, -0.1) is 0 Å². The van der Waals surface area contributed by atoms with Crippen LogP contribution in [0.4, 0.5) is 8.78 Å². The van der Waals surface area contributed by atoms with Crippen LogP contribution in [0.3, 0.4) is 0 Å². The summed E-state index contributed by atoms with van der Waals surface area (Å²) in [6.45, 7) is -0.258. The number of rotatable bonds is 3. The summed E-state index contributed by atoms with van der Waals surface area (Å²) in [4.78, 5) is 24.7. The molecule has 3 aromatic heterocycles. The number of hydrogen-bond acceptors (Lipinski definition) is 4. The van der Waals surface area contributed by atoms with Crippen molar-refractivity contribution in [3.8, 4) is 11.1 Å². The first-order valence-electron chi connectivity index (χ1n) is 9.21. The van der Waals surface area contributed by atoms with Gasteiger partial charge in [0.1, 0.15) is 11.6 Å². The molecule has 146 valence electrons. The molecule has 0 radical (unpaired) electrons. The lowest BCUT2D eigenvalue weighted by atomic mass is 10.0. The molecule has 5 rings (SSSR count). The molecule has 5 nitrogen and oxygen atoms in total. The molecule has 0 amide bonds. The van der Waals surface area contributed by atoms with Gasteiger partial charge in [0.2, 0.25) is 0 Å². The van der Waals surface area contributed by atoms with Crippen molar-refractivity contribution >= 4 is 21.7 Å². The van der Waals surface area contributed by atoms with Crippen LogP contribution >= 0.6 is 0 Å². The number of fused-ring (bicyclic) bond motifs is 2. The molecule has 0 bridgehead atoms. The zero-order chi connectivity index (χ0) is 20.7. The first-order valence-corrected chi connectivity index (χ1v) is 9.21. The van der Waals surface area contributed by atoms with E-state index in [9.17, 15) is 13.6 Å². The predicted octanol–water partition coefficient (Wildman–Crippen LogP) is 4.33. The van der Waals surface area contributed by atoms with E-state index in [4.69, 9.17) is 0 Å². The lowest BCUT2D eigenvalue weighted by molar-refractivity contribution is 0.541. The fourth-order valence-corrected chi connectivity index (χ4v) is 3.48. The predicted molar refractivity (Wildman–Crippen MR) is 110 cm³/mol. The molecular formula is C23H14F2N4O. The number of aromatic nitrogens is 4. The molecule has 0 N–H and O–H groups in total. The molecule has 7 heteroatoms. The zero-order valence-electron chi connectivity index (χ0n) is 15.6. The SMILES string of the molecule is O=c1c2ccncc2ncn1Cc1c(F)cc(-c2ccc3cnccc3c2)cc1F. The largest absolute Gasteiger partial charge is 0.294 e. The maximum Gasteiger partial charge on any atom is 0.261 e. The maximum atomic E-state index is 14.8. The summed E-state index contributed by atoms with van der Waals surface area (Å²) in [5, 5.41) is 2.21. The van der Waals surface area contributed by atoms with Crippen LogP contribution in [0.15, 0.2) is 78.4 Å². The molecule has 0 atom stereocenters. The third-order valence-corrected chi connectivity index (χ3v) is 5.07. The van der Waals surface area contributed by atoms with Crippen LogP contribution in [0.5, 0.6) is 0 Å². The van der Waals surface area contributed by atoms with E-state index in [-0.39, 0.29) is 17.7 Å². The first-order chi connectivity index (χ1) is 14.6. The van der Waals surface area contributed by atoms with Gasteiger partial charge in [-0.1, -0.05) is 12.1 Å². The molecular weight excluding hydrogens is 386 g/mol. The number of halogens is 2. The molecule has 0 unspecified atom stereocenters. The Morgan fingerprint density at radius 1 is 0.833 bits per heavy atom. The Kier molecular flexibility index (Phi) is 4.28. The Morgan fingerprint density at radius 2 is 1.60 bits per heavy atom. The zero-order valence-corrected chi connectivity index (χ0v) is 15.6. The van der Waals surface area contributed by atoms with Gasteiger partial charge in [0, 0.05) is 29.5 Å². The van der Waals surface area contributed by atoms with Crippen LogP contribution in [0, 0.1) is 11.6 Å². The average molecular weight is 400 g/mol. The summed E-state index contributed by atoms with van der Waals surface area (Å²) >= 11 is 0. The van der Waals surface area contributed by atoms with E-state index in [1.807, 2.05) is 18.2 Å². The van der Waals surface area contributed by atoms with Gasteiger partial charge in [-0.3, -0.25) is 19.3 Å². The first kappa shape index (κ1) is 18.1. The Hall–Kier alpha value is -4.00. The second-order valence-electron chi connectivity index (χ2n) is 6.93. The molecule has 0 aliphatic rings. The van der Waals surface area contributed by atoms with Crippen molar-refractivity contribution in [3.05, 3.63) is 101 Å². The van der Waals surface area contributed by atoms with Crippen LogP contribution < -0.4 is 5.56 Å². The smallest absolute Gasteiger partial charge is 0.261 e. The van der Waals surface area contributed by atoms with Gasteiger partial charge in [0.15, 0.2) is 0 Å². The minimum atomic E-state index is -0.721. The van der Waals surface area contributed by atoms with Crippen molar-refractivity contribution in [2.24, 2.45) is 0 Å². The fourth-order valence-electron chi connectivity index (χ4n) is 3.48. The van der Waals surface area contributed by atoms with Gasteiger partial charge in [0.25, 0.3) is 5.56 Å². The topological polar surface area (TPSA) is 60.7 Å². The van der Waals surface area contributed by atoms with Crippen molar-refractivity contribution in [1.29, 1.82) is 0 Å². The van der Waals surface area contributed by atoms with Crippen molar-refractivity contribution in [1.82, 2.24) is 19.5 Å². The molecule has 2 aromatic carbocycles. The quantitative estimate of drug-likeness (QED) is 0.452. The van der Waals surface area contributed by atoms with Crippen LogP contribution in [0.25, 0.3) is 32.8 Å². The van der Waals surface area contributed by atoms with Crippen LogP contribution in [-0.4, -0.2) is 19.5 Å². The summed E-state index contributed by atoms with van der Waals surface area (Å²) < 4.78 is 30.9. The molecule has 30 heavy (non-hydrogen) atoms. The number of nitrogens with zero attached hydrogens (tertiary/aromatic N) is 4. The highest BCUT2D eigenvalue weighted by atomic mass is 19.1. The second kappa shape index (κ2) is 7.11. The monoisotopic (exact) mass is 400 g/mol. The van der Waals surface area contributed by atoms with E-state index in [1.54, 1.807) is 18.5 Å². The van der Waals surface area contributed by atoms with E-state index < -0.39 is 11.6 Å². The molecule has 3 heterocycles. The summed E-state index contributed by atoms with van der Waals surface area (Å²) in [6.07, 6.45) is 7.62. The lowest BCUT2D eigenvalue weighted by Gasteiger charge is -2.11. The Labute approximate surface area is 169 Å². The minimum absolute atomic E-state index is 0.193. The number of benzene rings is 2. The number of hydrogen-bond donors (Lipinski definition) is 0. The summed E-state index contributed by atoms with van der Waals surface area (Å²) in [5.41, 5.74) is 0.966. The Morgan fingerprint density at radius 3 is 2.43 bits per heavy atom. The maximum absolute atomic E-state index is 14.8. The van der Waals surface area contributed by atoms with E-state index in [0.717, 1.165) is 10.8 Å². The van der Waals surface area contributed by atoms with Crippen molar-refractivity contribution < 1.29 is 8.78 Å². The molecule has 0 aliphatic heterocycles. The summed E-state index contributed by atoms with van der Waals surface area (Å²) in [6, 6.07) is 11.5. The fraction of sp³-hybridized carbons (Fsp3) is 0.0435. The highest BCUT2D eigenvalue weighted by Gasteiger charge is 2.15. The standard InChI is InChI=1S/C23H14F2N4O/c24-20-8-17(14-1-2-16-10-26-5-3-15(16)7-14)9-21(25)19(20)12-29-13-28-22-11-27-6-4-18(22)23(29)30/h1-11,13H,12H2. The van der Waals surface area contributed by atoms with Crippen molar-refractivity contribution in [2.75, 3.05) is 0 Å². The molecule has 5 aromatic rings. The third-order valence-electron chi connectivity index (χ3n) is 5.07. The lowest BCUT2D eigenvalue weighted by Crippen LogP contribution is -2.22. The molecule has 0 fully saturated rings. The normalized spacial score (nSPS) is 11.3. The highest BCUT2D eigenvalue weighted by molar-refractivity contribution is 5.86. The van der Waals surface area contributed by atoms with Crippen LogP contribution in [0.1, 0.15) is 5.56 Å². The Bertz CT molecular complexity index is 1460. The molecule has 0 aliphatic carbocycles. The van der Waals surface area contributed by atoms with E-state index in [0.29, 0.717) is 22.0 Å². The highest BCUT2D eigenvalue weighted by Crippen LogP contribution is 2.27. The second-order valence-corrected chi connectivity index (χ2v) is 6.93. The van der Waals surface area contributed by atoms with Gasteiger partial charge >= 0.3 is 0 Å². The molecule has 0 saturated heterocycles. The van der Waals surface area contributed by atoms with Gasteiger partial charge < -0.3 is 0 Å². The third kappa shape index (κ3) is 3.10. The van der Waals surface area contributed by atoms with Crippen LogP contribution in [-0.2, 0) is 6.54 Å². The Balaban J connectivity index is 1.54. The van der Waals surface area contributed by atoms with Gasteiger partial charge in [-0.05, 0) is 46.8 Å². The average Bonchev–Trinajstić information content (AvgIpc) is 2.77.